The molecule has 2 rings (SSSR count). The molecular formula is C14H12ClIN2O. The minimum atomic E-state index is -0.0862. The van der Waals surface area contributed by atoms with Gasteiger partial charge < -0.3 is 10.6 Å². The number of nitrogens with one attached hydrogen (secondary N) is 2. The van der Waals surface area contributed by atoms with E-state index in [1.54, 1.807) is 12.1 Å². The van der Waals surface area contributed by atoms with E-state index in [0.717, 1.165) is 14.9 Å². The van der Waals surface area contributed by atoms with E-state index in [1.165, 1.54) is 0 Å². The Labute approximate surface area is 130 Å². The van der Waals surface area contributed by atoms with Crippen molar-refractivity contribution in [2.45, 2.75) is 0 Å². The summed E-state index contributed by atoms with van der Waals surface area (Å²) in [5.74, 6) is -0.0862. The zero-order valence-corrected chi connectivity index (χ0v) is 12.9. The summed E-state index contributed by atoms with van der Waals surface area (Å²) < 4.78 is 1.08. The van der Waals surface area contributed by atoms with Crippen LogP contribution in [-0.2, 0) is 4.79 Å². The van der Waals surface area contributed by atoms with Gasteiger partial charge in [0, 0.05) is 20.0 Å². The molecule has 0 heterocycles. The summed E-state index contributed by atoms with van der Waals surface area (Å²) in [5.41, 5.74) is 1.66. The summed E-state index contributed by atoms with van der Waals surface area (Å²) in [4.78, 5) is 11.8. The Morgan fingerprint density at radius 2 is 1.84 bits per heavy atom. The van der Waals surface area contributed by atoms with Crippen LogP contribution in [0.25, 0.3) is 0 Å². The molecule has 0 fully saturated rings. The van der Waals surface area contributed by atoms with Crippen LogP contribution in [0.1, 0.15) is 0 Å². The summed E-state index contributed by atoms with van der Waals surface area (Å²) in [5, 5.41) is 6.54. The van der Waals surface area contributed by atoms with Crippen LogP contribution in [-0.4, -0.2) is 12.5 Å². The standard InChI is InChI=1S/C14H12ClIN2O/c15-10-4-6-12(7-5-10)17-9-14(19)18-13-3-1-2-11(16)8-13/h1-8,17H,9H2,(H,18,19). The fourth-order valence-electron chi connectivity index (χ4n) is 1.52. The number of hydrogen-bond acceptors (Lipinski definition) is 2. The molecule has 1 amide bonds. The lowest BCUT2D eigenvalue weighted by molar-refractivity contribution is -0.114. The van der Waals surface area contributed by atoms with Gasteiger partial charge in [-0.1, -0.05) is 17.7 Å². The molecule has 0 unspecified atom stereocenters. The second-order valence-electron chi connectivity index (χ2n) is 3.92. The van der Waals surface area contributed by atoms with Crippen molar-refractivity contribution in [2.24, 2.45) is 0 Å². The lowest BCUT2D eigenvalue weighted by Gasteiger charge is -2.08. The molecule has 0 bridgehead atoms. The molecule has 2 aromatic rings. The predicted octanol–water partition coefficient (Wildman–Crippen LogP) is 4.00. The zero-order valence-electron chi connectivity index (χ0n) is 9.99. The van der Waals surface area contributed by atoms with Gasteiger partial charge in [0.2, 0.25) is 5.91 Å². The molecule has 19 heavy (non-hydrogen) atoms. The molecule has 0 radical (unpaired) electrons. The Balaban J connectivity index is 1.86. The van der Waals surface area contributed by atoms with Gasteiger partial charge in [-0.3, -0.25) is 4.79 Å². The molecule has 98 valence electrons. The molecule has 0 aliphatic carbocycles. The van der Waals surface area contributed by atoms with E-state index in [2.05, 4.69) is 33.2 Å². The van der Waals surface area contributed by atoms with Crippen LogP contribution >= 0.6 is 34.2 Å². The number of carbonyl (C=O) groups is 1. The SMILES string of the molecule is O=C(CNc1ccc(Cl)cc1)Nc1cccc(I)c1. The summed E-state index contributed by atoms with van der Waals surface area (Å²) in [7, 11) is 0. The van der Waals surface area contributed by atoms with Crippen molar-refractivity contribution in [1.29, 1.82) is 0 Å². The van der Waals surface area contributed by atoms with E-state index in [1.807, 2.05) is 36.4 Å². The fraction of sp³-hybridized carbons (Fsp3) is 0.0714. The molecule has 5 heteroatoms. The highest BCUT2D eigenvalue weighted by atomic mass is 127. The Morgan fingerprint density at radius 3 is 2.53 bits per heavy atom. The lowest BCUT2D eigenvalue weighted by Crippen LogP contribution is -2.21. The second kappa shape index (κ2) is 6.77. The van der Waals surface area contributed by atoms with Crippen LogP contribution in [0.15, 0.2) is 48.5 Å². The van der Waals surface area contributed by atoms with Gasteiger partial charge in [0.1, 0.15) is 0 Å². The molecule has 0 saturated carbocycles. The Hall–Kier alpha value is -1.27. The molecule has 0 aliphatic rings. The maximum atomic E-state index is 11.8. The third kappa shape index (κ3) is 4.72. The Kier molecular flexibility index (Phi) is 5.04. The minimum Gasteiger partial charge on any atom is -0.376 e. The van der Waals surface area contributed by atoms with E-state index in [-0.39, 0.29) is 12.5 Å². The van der Waals surface area contributed by atoms with Crippen molar-refractivity contribution in [3.8, 4) is 0 Å². The van der Waals surface area contributed by atoms with E-state index in [9.17, 15) is 4.79 Å². The summed E-state index contributed by atoms with van der Waals surface area (Å²) in [6.07, 6.45) is 0. The minimum absolute atomic E-state index is 0.0862. The molecule has 2 N–H and O–H groups in total. The molecule has 0 spiro atoms. The molecule has 3 nitrogen and oxygen atoms in total. The number of carbonyl (C=O) groups excluding carboxylic acids is 1. The fourth-order valence-corrected chi connectivity index (χ4v) is 2.19. The van der Waals surface area contributed by atoms with Gasteiger partial charge in [-0.2, -0.15) is 0 Å². The van der Waals surface area contributed by atoms with Crippen molar-refractivity contribution in [2.75, 3.05) is 17.2 Å². The second-order valence-corrected chi connectivity index (χ2v) is 5.60. The first-order valence-electron chi connectivity index (χ1n) is 5.68. The van der Waals surface area contributed by atoms with Crippen LogP contribution in [0.3, 0.4) is 0 Å². The maximum absolute atomic E-state index is 11.8. The van der Waals surface area contributed by atoms with E-state index >= 15 is 0 Å². The van der Waals surface area contributed by atoms with Gasteiger partial charge >= 0.3 is 0 Å². The van der Waals surface area contributed by atoms with E-state index in [4.69, 9.17) is 11.6 Å². The van der Waals surface area contributed by atoms with E-state index in [0.29, 0.717) is 5.02 Å². The van der Waals surface area contributed by atoms with Crippen LogP contribution in [0.2, 0.25) is 5.02 Å². The number of halogens is 2. The van der Waals surface area contributed by atoms with Gasteiger partial charge in [0.25, 0.3) is 0 Å². The highest BCUT2D eigenvalue weighted by Crippen LogP contribution is 2.14. The van der Waals surface area contributed by atoms with Gasteiger partial charge in [-0.25, -0.2) is 0 Å². The van der Waals surface area contributed by atoms with Crippen molar-refractivity contribution < 1.29 is 4.79 Å². The van der Waals surface area contributed by atoms with Crippen molar-refractivity contribution >= 4 is 51.5 Å². The summed E-state index contributed by atoms with van der Waals surface area (Å²) >= 11 is 8.00. The first-order valence-corrected chi connectivity index (χ1v) is 7.14. The van der Waals surface area contributed by atoms with Crippen molar-refractivity contribution in [3.63, 3.8) is 0 Å². The number of anilines is 2. The van der Waals surface area contributed by atoms with Crippen LogP contribution in [0, 0.1) is 3.57 Å². The van der Waals surface area contributed by atoms with Crippen molar-refractivity contribution in [1.82, 2.24) is 0 Å². The average molecular weight is 387 g/mol. The quantitative estimate of drug-likeness (QED) is 0.780. The van der Waals surface area contributed by atoms with E-state index < -0.39 is 0 Å². The summed E-state index contributed by atoms with van der Waals surface area (Å²) in [6.45, 7) is 0.215. The third-order valence-corrected chi connectivity index (χ3v) is 3.33. The normalized spacial score (nSPS) is 10.0. The molecule has 0 aliphatic heterocycles. The monoisotopic (exact) mass is 386 g/mol. The smallest absolute Gasteiger partial charge is 0.243 e. The summed E-state index contributed by atoms with van der Waals surface area (Å²) in [6, 6.07) is 14.9. The third-order valence-electron chi connectivity index (χ3n) is 2.41. The zero-order chi connectivity index (χ0) is 13.7. The highest BCUT2D eigenvalue weighted by molar-refractivity contribution is 14.1. The highest BCUT2D eigenvalue weighted by Gasteiger charge is 2.02. The first-order chi connectivity index (χ1) is 9.13. The average Bonchev–Trinajstić information content (AvgIpc) is 2.38. The van der Waals surface area contributed by atoms with Gasteiger partial charge in [-0.05, 0) is 65.1 Å². The number of amides is 1. The van der Waals surface area contributed by atoms with Gasteiger partial charge in [-0.15, -0.1) is 0 Å². The number of hydrogen-bond donors (Lipinski definition) is 2. The molecular weight excluding hydrogens is 375 g/mol. The lowest BCUT2D eigenvalue weighted by atomic mass is 10.3. The molecule has 0 atom stereocenters. The largest absolute Gasteiger partial charge is 0.376 e. The number of benzene rings is 2. The maximum Gasteiger partial charge on any atom is 0.243 e. The van der Waals surface area contributed by atoms with Gasteiger partial charge in [0.05, 0.1) is 6.54 Å². The van der Waals surface area contributed by atoms with Crippen molar-refractivity contribution in [3.05, 3.63) is 57.1 Å². The Morgan fingerprint density at radius 1 is 1.11 bits per heavy atom. The van der Waals surface area contributed by atoms with Crippen LogP contribution in [0.5, 0.6) is 0 Å². The Bertz CT molecular complexity index is 572. The molecule has 0 aromatic heterocycles. The number of rotatable bonds is 4. The van der Waals surface area contributed by atoms with Crippen LogP contribution < -0.4 is 10.6 Å². The molecule has 2 aromatic carbocycles. The predicted molar refractivity (Wildman–Crippen MR) is 87.7 cm³/mol. The topological polar surface area (TPSA) is 41.1 Å². The van der Waals surface area contributed by atoms with Crippen LogP contribution in [0.4, 0.5) is 11.4 Å². The first kappa shape index (κ1) is 14.1. The van der Waals surface area contributed by atoms with Gasteiger partial charge in [0.15, 0.2) is 0 Å². The molecule has 0 saturated heterocycles.